The van der Waals surface area contributed by atoms with Crippen molar-refractivity contribution < 1.29 is 0 Å². The summed E-state index contributed by atoms with van der Waals surface area (Å²) < 4.78 is 0. The van der Waals surface area contributed by atoms with E-state index in [1.165, 1.54) is 6.07 Å². The Morgan fingerprint density at radius 3 is 2.29 bits per heavy atom. The quantitative estimate of drug-likeness (QED) is 0.808. The summed E-state index contributed by atoms with van der Waals surface area (Å²) in [5.74, 6) is 1.37. The van der Waals surface area contributed by atoms with Gasteiger partial charge in [-0.15, -0.1) is 0 Å². The molecule has 4 rings (SSSR count). The monoisotopic (exact) mass is 316 g/mol. The lowest BCUT2D eigenvalue weighted by Crippen LogP contribution is -2.31. The largest absolute Gasteiger partial charge is 0.294 e. The molecule has 5 heteroatoms. The fraction of sp³-hybridized carbons (Fsp3) is 0.105. The van der Waals surface area contributed by atoms with Gasteiger partial charge in [0.2, 0.25) is 5.95 Å². The number of rotatable bonds is 3. The molecular weight excluding hydrogens is 300 g/mol. The Labute approximate surface area is 139 Å². The number of benzene rings is 2. The highest BCUT2D eigenvalue weighted by Crippen LogP contribution is 2.20. The molecule has 24 heavy (non-hydrogen) atoms. The maximum absolute atomic E-state index is 12.1. The van der Waals surface area contributed by atoms with E-state index < -0.39 is 0 Å². The number of H-pyrrole nitrogens is 1. The molecule has 0 bridgehead atoms. The van der Waals surface area contributed by atoms with Gasteiger partial charge in [-0.2, -0.15) is 0 Å². The molecule has 2 heterocycles. The third-order valence-corrected chi connectivity index (χ3v) is 3.93. The van der Waals surface area contributed by atoms with E-state index in [0.29, 0.717) is 24.7 Å². The van der Waals surface area contributed by atoms with Crippen LogP contribution in [0.5, 0.6) is 0 Å². The van der Waals surface area contributed by atoms with E-state index in [9.17, 15) is 4.79 Å². The Balaban J connectivity index is 1.76. The molecule has 2 aromatic carbocycles. The molecule has 0 aliphatic carbocycles. The normalized spacial score (nSPS) is 13.8. The highest BCUT2D eigenvalue weighted by Gasteiger charge is 2.22. The number of hydrogen-bond acceptors (Lipinski definition) is 4. The van der Waals surface area contributed by atoms with Gasteiger partial charge in [0.1, 0.15) is 5.84 Å². The Kier molecular flexibility index (Phi) is 3.67. The minimum Gasteiger partial charge on any atom is -0.294 e. The van der Waals surface area contributed by atoms with E-state index in [1.807, 2.05) is 65.6 Å². The number of anilines is 1. The van der Waals surface area contributed by atoms with Crippen molar-refractivity contribution in [2.45, 2.75) is 0 Å². The van der Waals surface area contributed by atoms with Crippen molar-refractivity contribution in [2.75, 3.05) is 18.0 Å². The van der Waals surface area contributed by atoms with Gasteiger partial charge in [0, 0.05) is 23.7 Å². The van der Waals surface area contributed by atoms with E-state index in [2.05, 4.69) is 15.0 Å². The number of amidine groups is 1. The van der Waals surface area contributed by atoms with Crippen LogP contribution in [0.25, 0.3) is 11.3 Å². The van der Waals surface area contributed by atoms with Crippen molar-refractivity contribution in [2.24, 2.45) is 4.99 Å². The van der Waals surface area contributed by atoms with Gasteiger partial charge in [-0.25, -0.2) is 4.98 Å². The Hall–Kier alpha value is -3.21. The summed E-state index contributed by atoms with van der Waals surface area (Å²) in [4.78, 5) is 26.1. The summed E-state index contributed by atoms with van der Waals surface area (Å²) in [5, 5.41) is 0. The minimum absolute atomic E-state index is 0.168. The van der Waals surface area contributed by atoms with Crippen LogP contribution in [0.1, 0.15) is 5.56 Å². The molecule has 1 aliphatic rings. The van der Waals surface area contributed by atoms with Gasteiger partial charge in [0.05, 0.1) is 12.2 Å². The molecular formula is C19H16N4O. The number of nitrogens with zero attached hydrogens (tertiary/aromatic N) is 3. The first-order valence-electron chi connectivity index (χ1n) is 7.85. The van der Waals surface area contributed by atoms with Crippen LogP contribution in [0.4, 0.5) is 5.95 Å². The number of nitrogens with one attached hydrogen (secondary N) is 1. The molecule has 0 fully saturated rings. The highest BCUT2D eigenvalue weighted by molar-refractivity contribution is 6.10. The fourth-order valence-electron chi connectivity index (χ4n) is 2.82. The zero-order chi connectivity index (χ0) is 16.4. The zero-order valence-electron chi connectivity index (χ0n) is 13.0. The summed E-state index contributed by atoms with van der Waals surface area (Å²) in [7, 11) is 0. The lowest BCUT2D eigenvalue weighted by Gasteiger charge is -2.19. The molecule has 0 spiro atoms. The maximum Gasteiger partial charge on any atom is 0.252 e. The van der Waals surface area contributed by atoms with Crippen LogP contribution >= 0.6 is 0 Å². The molecule has 0 atom stereocenters. The van der Waals surface area contributed by atoms with Gasteiger partial charge in [0.15, 0.2) is 0 Å². The van der Waals surface area contributed by atoms with Crippen molar-refractivity contribution in [3.8, 4) is 11.3 Å². The molecule has 0 radical (unpaired) electrons. The second-order valence-electron chi connectivity index (χ2n) is 5.54. The Morgan fingerprint density at radius 2 is 1.58 bits per heavy atom. The predicted molar refractivity (Wildman–Crippen MR) is 95.5 cm³/mol. The molecule has 118 valence electrons. The average molecular weight is 316 g/mol. The first kappa shape index (κ1) is 14.4. The van der Waals surface area contributed by atoms with E-state index >= 15 is 0 Å². The van der Waals surface area contributed by atoms with Crippen molar-refractivity contribution >= 4 is 11.8 Å². The number of hydrogen-bond donors (Lipinski definition) is 1. The molecule has 3 aromatic rings. The van der Waals surface area contributed by atoms with Crippen LogP contribution in [-0.4, -0.2) is 28.9 Å². The fourth-order valence-corrected chi connectivity index (χ4v) is 2.82. The SMILES string of the molecule is O=c1cc(-c2ccccc2)nc(N2CCN=C2c2ccccc2)[nH]1. The van der Waals surface area contributed by atoms with Crippen LogP contribution in [0.2, 0.25) is 0 Å². The summed E-state index contributed by atoms with van der Waals surface area (Å²) in [5.41, 5.74) is 2.43. The zero-order valence-corrected chi connectivity index (χ0v) is 13.0. The highest BCUT2D eigenvalue weighted by atomic mass is 16.1. The second-order valence-corrected chi connectivity index (χ2v) is 5.54. The summed E-state index contributed by atoms with van der Waals surface area (Å²) >= 11 is 0. The molecule has 5 nitrogen and oxygen atoms in total. The minimum atomic E-state index is -0.168. The first-order valence-corrected chi connectivity index (χ1v) is 7.85. The molecule has 0 saturated heterocycles. The molecule has 1 aromatic heterocycles. The van der Waals surface area contributed by atoms with Crippen molar-refractivity contribution in [3.63, 3.8) is 0 Å². The van der Waals surface area contributed by atoms with Gasteiger partial charge in [-0.05, 0) is 0 Å². The number of aromatic amines is 1. The summed E-state index contributed by atoms with van der Waals surface area (Å²) in [6.07, 6.45) is 0. The Morgan fingerprint density at radius 1 is 0.917 bits per heavy atom. The lowest BCUT2D eigenvalue weighted by atomic mass is 10.1. The van der Waals surface area contributed by atoms with Gasteiger partial charge in [-0.1, -0.05) is 60.7 Å². The van der Waals surface area contributed by atoms with Gasteiger partial charge in [0.25, 0.3) is 5.56 Å². The van der Waals surface area contributed by atoms with Crippen LogP contribution in [0.3, 0.4) is 0 Å². The molecule has 1 N–H and O–H groups in total. The number of aromatic nitrogens is 2. The average Bonchev–Trinajstić information content (AvgIpc) is 3.12. The smallest absolute Gasteiger partial charge is 0.252 e. The topological polar surface area (TPSA) is 61.4 Å². The van der Waals surface area contributed by atoms with Crippen LogP contribution in [0.15, 0.2) is 76.5 Å². The standard InChI is InChI=1S/C19H16N4O/c24-17-13-16(14-7-3-1-4-8-14)21-19(22-17)23-12-11-20-18(23)15-9-5-2-6-10-15/h1-10,13H,11-12H2,(H,21,22,24). The summed E-state index contributed by atoms with van der Waals surface area (Å²) in [6.45, 7) is 1.38. The molecule has 0 amide bonds. The molecule has 0 unspecified atom stereocenters. The van der Waals surface area contributed by atoms with Gasteiger partial charge >= 0.3 is 0 Å². The van der Waals surface area contributed by atoms with Crippen molar-refractivity contribution in [1.82, 2.24) is 9.97 Å². The van der Waals surface area contributed by atoms with Crippen molar-refractivity contribution in [1.29, 1.82) is 0 Å². The van der Waals surface area contributed by atoms with Crippen LogP contribution in [0, 0.1) is 0 Å². The third-order valence-electron chi connectivity index (χ3n) is 3.93. The van der Waals surface area contributed by atoms with Gasteiger partial charge in [-0.3, -0.25) is 19.7 Å². The van der Waals surface area contributed by atoms with Crippen LogP contribution < -0.4 is 10.5 Å². The maximum atomic E-state index is 12.1. The second kappa shape index (κ2) is 6.12. The molecule has 1 aliphatic heterocycles. The summed E-state index contributed by atoms with van der Waals surface area (Å²) in [6, 6.07) is 21.2. The first-order chi connectivity index (χ1) is 11.8. The van der Waals surface area contributed by atoms with E-state index in [4.69, 9.17) is 0 Å². The van der Waals surface area contributed by atoms with Gasteiger partial charge < -0.3 is 0 Å². The third kappa shape index (κ3) is 2.72. The molecule has 0 saturated carbocycles. The predicted octanol–water partition coefficient (Wildman–Crippen LogP) is 2.70. The number of aliphatic imine (C=N–C) groups is 1. The van der Waals surface area contributed by atoms with E-state index in [-0.39, 0.29) is 5.56 Å². The van der Waals surface area contributed by atoms with Crippen LogP contribution in [-0.2, 0) is 0 Å². The van der Waals surface area contributed by atoms with Crippen molar-refractivity contribution in [3.05, 3.63) is 82.6 Å². The Bertz CT molecular complexity index is 932. The van der Waals surface area contributed by atoms with E-state index in [1.54, 1.807) is 0 Å². The van der Waals surface area contributed by atoms with E-state index in [0.717, 1.165) is 17.0 Å². The lowest BCUT2D eigenvalue weighted by molar-refractivity contribution is 0.956.